The zero-order valence-corrected chi connectivity index (χ0v) is 14.7. The minimum atomic E-state index is -2.46. The number of para-hydroxylation sites is 1. The van der Waals surface area contributed by atoms with Gasteiger partial charge in [-0.2, -0.15) is 0 Å². The first kappa shape index (κ1) is 17.6. The molecule has 0 aromatic heterocycles. The highest BCUT2D eigenvalue weighted by Gasteiger charge is 2.57. The van der Waals surface area contributed by atoms with Crippen molar-refractivity contribution in [2.45, 2.75) is 5.72 Å². The Morgan fingerprint density at radius 2 is 1.39 bits per heavy atom. The number of fused-ring (bicyclic) bond motifs is 1. The number of amides is 3. The van der Waals surface area contributed by atoms with Crippen molar-refractivity contribution >= 4 is 23.4 Å². The molecule has 28 heavy (non-hydrogen) atoms. The van der Waals surface area contributed by atoms with Crippen LogP contribution in [0.25, 0.3) is 0 Å². The summed E-state index contributed by atoms with van der Waals surface area (Å²) in [5.41, 5.74) is -1.66. The maximum absolute atomic E-state index is 13.1. The number of rotatable bonds is 3. The fourth-order valence-corrected chi connectivity index (χ4v) is 3.27. The van der Waals surface area contributed by atoms with E-state index in [4.69, 9.17) is 0 Å². The highest BCUT2D eigenvalue weighted by Crippen LogP contribution is 2.39. The third-order valence-electron chi connectivity index (χ3n) is 4.63. The maximum atomic E-state index is 13.1. The third-order valence-corrected chi connectivity index (χ3v) is 4.63. The van der Waals surface area contributed by atoms with Crippen LogP contribution in [0.2, 0.25) is 0 Å². The lowest BCUT2D eigenvalue weighted by Crippen LogP contribution is -2.54. The summed E-state index contributed by atoms with van der Waals surface area (Å²) in [7, 11) is 0. The van der Waals surface area contributed by atoms with E-state index in [1.807, 2.05) is 0 Å². The number of aliphatic hydroxyl groups is 1. The van der Waals surface area contributed by atoms with Gasteiger partial charge in [-0.15, -0.1) is 0 Å². The van der Waals surface area contributed by atoms with Crippen LogP contribution in [0.5, 0.6) is 0 Å². The lowest BCUT2D eigenvalue weighted by Gasteiger charge is -2.31. The Kier molecular flexibility index (Phi) is 4.25. The number of carbonyl (C=O) groups is 3. The quantitative estimate of drug-likeness (QED) is 0.692. The molecule has 0 fully saturated rings. The molecule has 4 rings (SSSR count). The second-order valence-corrected chi connectivity index (χ2v) is 6.35. The van der Waals surface area contributed by atoms with Crippen LogP contribution in [0.1, 0.15) is 26.3 Å². The summed E-state index contributed by atoms with van der Waals surface area (Å²) in [5, 5.41) is 14.0. The Bertz CT molecular complexity index is 1070. The first-order valence-corrected chi connectivity index (χ1v) is 8.66. The van der Waals surface area contributed by atoms with Crippen LogP contribution in [0.3, 0.4) is 0 Å². The summed E-state index contributed by atoms with van der Waals surface area (Å²) in [6.45, 7) is 0. The Balaban J connectivity index is 1.81. The van der Waals surface area contributed by atoms with Gasteiger partial charge in [0.05, 0.1) is 0 Å². The van der Waals surface area contributed by atoms with E-state index in [1.54, 1.807) is 60.7 Å². The molecular formula is C22H16N2O4. The number of hydrogen-bond donors (Lipinski definition) is 2. The summed E-state index contributed by atoms with van der Waals surface area (Å²) in [6, 6.07) is 22.7. The molecule has 6 nitrogen and oxygen atoms in total. The van der Waals surface area contributed by atoms with Crippen LogP contribution in [0, 0.1) is 0 Å². The molecule has 2 N–H and O–H groups in total. The van der Waals surface area contributed by atoms with E-state index in [2.05, 4.69) is 5.32 Å². The lowest BCUT2D eigenvalue weighted by molar-refractivity contribution is -0.147. The van der Waals surface area contributed by atoms with Gasteiger partial charge < -0.3 is 10.4 Å². The third kappa shape index (κ3) is 2.67. The van der Waals surface area contributed by atoms with Crippen LogP contribution in [-0.2, 0) is 10.5 Å². The normalized spacial score (nSPS) is 17.9. The van der Waals surface area contributed by atoms with E-state index < -0.39 is 23.4 Å². The molecular weight excluding hydrogens is 356 g/mol. The van der Waals surface area contributed by atoms with Crippen molar-refractivity contribution in [3.63, 3.8) is 0 Å². The van der Waals surface area contributed by atoms with E-state index in [0.717, 1.165) is 0 Å². The molecule has 0 aliphatic carbocycles. The lowest BCUT2D eigenvalue weighted by atomic mass is 10.00. The summed E-state index contributed by atoms with van der Waals surface area (Å²) in [4.78, 5) is 39.7. The van der Waals surface area contributed by atoms with Gasteiger partial charge in [0.2, 0.25) is 0 Å². The molecule has 0 unspecified atom stereocenters. The van der Waals surface area contributed by atoms with Gasteiger partial charge in [0.1, 0.15) is 0 Å². The number of benzene rings is 3. The van der Waals surface area contributed by atoms with Crippen LogP contribution in [0.15, 0.2) is 84.9 Å². The average Bonchev–Trinajstić information content (AvgIpc) is 2.97. The predicted octanol–water partition coefficient (Wildman–Crippen LogP) is 2.77. The van der Waals surface area contributed by atoms with E-state index in [-0.39, 0.29) is 16.7 Å². The van der Waals surface area contributed by atoms with E-state index in [0.29, 0.717) is 10.6 Å². The van der Waals surface area contributed by atoms with Crippen LogP contribution in [-0.4, -0.2) is 27.7 Å². The smallest absolute Gasteiger partial charge is 0.283 e. The molecule has 3 amide bonds. The average molecular weight is 372 g/mol. The monoisotopic (exact) mass is 372 g/mol. The van der Waals surface area contributed by atoms with Crippen molar-refractivity contribution in [2.75, 3.05) is 5.32 Å². The number of nitrogens with zero attached hydrogens (tertiary/aromatic N) is 1. The van der Waals surface area contributed by atoms with Crippen LogP contribution in [0.4, 0.5) is 5.69 Å². The second kappa shape index (κ2) is 6.75. The molecule has 6 heteroatoms. The standard InChI is InChI=1S/C22H16N2O4/c25-19(15-9-3-1-4-10-15)24-20(26)17-13-7-8-14-18(17)22(24,28)21(27)23-16-11-5-2-6-12-16/h1-14,28H,(H,23,27)/t22-/m1/s1. The topological polar surface area (TPSA) is 86.7 Å². The van der Waals surface area contributed by atoms with Gasteiger partial charge in [-0.1, -0.05) is 54.6 Å². The van der Waals surface area contributed by atoms with Gasteiger partial charge in [-0.25, -0.2) is 4.90 Å². The largest absolute Gasteiger partial charge is 0.359 e. The van der Waals surface area contributed by atoms with E-state index >= 15 is 0 Å². The fourth-order valence-electron chi connectivity index (χ4n) is 3.27. The van der Waals surface area contributed by atoms with Crippen molar-refractivity contribution in [2.24, 2.45) is 0 Å². The van der Waals surface area contributed by atoms with Crippen molar-refractivity contribution in [3.05, 3.63) is 102 Å². The molecule has 3 aromatic rings. The zero-order valence-electron chi connectivity index (χ0n) is 14.7. The van der Waals surface area contributed by atoms with Gasteiger partial charge in [-0.05, 0) is 30.3 Å². The van der Waals surface area contributed by atoms with Gasteiger partial charge in [0, 0.05) is 22.4 Å². The number of nitrogens with one attached hydrogen (secondary N) is 1. The van der Waals surface area contributed by atoms with Gasteiger partial charge >= 0.3 is 0 Å². The molecule has 1 aliphatic rings. The predicted molar refractivity (Wildman–Crippen MR) is 102 cm³/mol. The van der Waals surface area contributed by atoms with Gasteiger partial charge in [0.15, 0.2) is 0 Å². The van der Waals surface area contributed by atoms with Crippen molar-refractivity contribution in [1.29, 1.82) is 0 Å². The van der Waals surface area contributed by atoms with Crippen molar-refractivity contribution in [3.8, 4) is 0 Å². The fraction of sp³-hybridized carbons (Fsp3) is 0.0455. The van der Waals surface area contributed by atoms with Gasteiger partial charge in [-0.3, -0.25) is 14.4 Å². The first-order chi connectivity index (χ1) is 13.5. The second-order valence-electron chi connectivity index (χ2n) is 6.35. The molecule has 1 aliphatic heterocycles. The first-order valence-electron chi connectivity index (χ1n) is 8.66. The summed E-state index contributed by atoms with van der Waals surface area (Å²) >= 11 is 0. The number of imide groups is 1. The van der Waals surface area contributed by atoms with Crippen LogP contribution < -0.4 is 5.32 Å². The van der Waals surface area contributed by atoms with Gasteiger partial charge in [0.25, 0.3) is 23.4 Å². The summed E-state index contributed by atoms with van der Waals surface area (Å²) in [6.07, 6.45) is 0. The molecule has 0 bridgehead atoms. The van der Waals surface area contributed by atoms with Crippen LogP contribution >= 0.6 is 0 Å². The number of anilines is 1. The van der Waals surface area contributed by atoms with Crippen molar-refractivity contribution < 1.29 is 19.5 Å². The zero-order chi connectivity index (χ0) is 19.7. The SMILES string of the molecule is O=C(c1ccccc1)N1C(=O)c2ccccc2[C@@]1(O)C(=O)Nc1ccccc1. The highest BCUT2D eigenvalue weighted by molar-refractivity contribution is 6.19. The maximum Gasteiger partial charge on any atom is 0.283 e. The number of hydrogen-bond acceptors (Lipinski definition) is 4. The highest BCUT2D eigenvalue weighted by atomic mass is 16.3. The van der Waals surface area contributed by atoms with E-state index in [1.165, 1.54) is 24.3 Å². The molecule has 3 aromatic carbocycles. The minimum absolute atomic E-state index is 0.0673. The number of carbonyl (C=O) groups excluding carboxylic acids is 3. The molecule has 1 heterocycles. The molecule has 1 atom stereocenters. The molecule has 0 saturated heterocycles. The summed E-state index contributed by atoms with van der Waals surface area (Å²) < 4.78 is 0. The Morgan fingerprint density at radius 1 is 0.821 bits per heavy atom. The Morgan fingerprint density at radius 3 is 2.07 bits per heavy atom. The summed E-state index contributed by atoms with van der Waals surface area (Å²) in [5.74, 6) is -2.37. The molecule has 0 radical (unpaired) electrons. The Hall–Kier alpha value is -3.77. The molecule has 138 valence electrons. The van der Waals surface area contributed by atoms with E-state index in [9.17, 15) is 19.5 Å². The minimum Gasteiger partial charge on any atom is -0.359 e. The molecule has 0 saturated carbocycles. The van der Waals surface area contributed by atoms with Crippen molar-refractivity contribution in [1.82, 2.24) is 4.90 Å². The Labute approximate surface area is 161 Å². The molecule has 0 spiro atoms.